The van der Waals surface area contributed by atoms with Crippen LogP contribution in [-0.2, 0) is 4.79 Å². The van der Waals surface area contributed by atoms with E-state index in [1.807, 2.05) is 19.1 Å². The van der Waals surface area contributed by atoms with Crippen LogP contribution in [-0.4, -0.2) is 23.2 Å². The van der Waals surface area contributed by atoms with Gasteiger partial charge in [-0.05, 0) is 18.6 Å². The van der Waals surface area contributed by atoms with E-state index < -0.39 is 5.97 Å². The van der Waals surface area contributed by atoms with Crippen molar-refractivity contribution in [3.63, 3.8) is 0 Å². The third-order valence-corrected chi connectivity index (χ3v) is 1.96. The van der Waals surface area contributed by atoms with Gasteiger partial charge in [0.25, 0.3) is 5.97 Å². The Hall–Kier alpha value is -2.08. The number of carbonyl (C=O) groups is 1. The lowest BCUT2D eigenvalue weighted by molar-refractivity contribution is -0.134. The number of nitrogens with two attached hydrogens (primary N) is 2. The summed E-state index contributed by atoms with van der Waals surface area (Å²) in [5.74, 6) is -0.911. The molecule has 6 nitrogen and oxygen atoms in total. The number of guanidine groups is 1. The standard InChI is InChI=1S/C9H11ClN4.C2H4O2/c1-6-3-2-4-8(10)7(6)5-13-14-9(11)12;1-2(3)4/h2-5H,1H3,(H4,11,12,14);1H3,(H,3,4)/b13-5+;. The summed E-state index contributed by atoms with van der Waals surface area (Å²) < 4.78 is 0. The zero-order valence-electron chi connectivity index (χ0n) is 10.1. The number of benzene rings is 1. The van der Waals surface area contributed by atoms with Gasteiger partial charge in [0.1, 0.15) is 0 Å². The smallest absolute Gasteiger partial charge is 0.300 e. The fourth-order valence-electron chi connectivity index (χ4n) is 0.962. The number of halogens is 1. The number of rotatable bonds is 2. The van der Waals surface area contributed by atoms with Crippen LogP contribution < -0.4 is 11.5 Å². The Morgan fingerprint density at radius 1 is 1.44 bits per heavy atom. The number of hydrogen-bond acceptors (Lipinski definition) is 3. The molecule has 0 fully saturated rings. The summed E-state index contributed by atoms with van der Waals surface area (Å²) in [6, 6.07) is 5.59. The molecule has 0 amide bonds. The van der Waals surface area contributed by atoms with Crippen molar-refractivity contribution in [1.29, 1.82) is 0 Å². The lowest BCUT2D eigenvalue weighted by atomic mass is 10.1. The molecular weight excluding hydrogens is 256 g/mol. The van der Waals surface area contributed by atoms with Crippen LogP contribution >= 0.6 is 11.6 Å². The van der Waals surface area contributed by atoms with Gasteiger partial charge in [-0.15, -0.1) is 5.10 Å². The first-order valence-corrected chi connectivity index (χ1v) is 5.29. The molecule has 0 aliphatic carbocycles. The molecule has 0 atom stereocenters. The van der Waals surface area contributed by atoms with Crippen LogP contribution in [0, 0.1) is 6.92 Å². The summed E-state index contributed by atoms with van der Waals surface area (Å²) in [6.07, 6.45) is 1.53. The van der Waals surface area contributed by atoms with E-state index in [4.69, 9.17) is 33.0 Å². The van der Waals surface area contributed by atoms with E-state index in [1.165, 1.54) is 6.21 Å². The van der Waals surface area contributed by atoms with Crippen LogP contribution in [0.1, 0.15) is 18.1 Å². The summed E-state index contributed by atoms with van der Waals surface area (Å²) in [6.45, 7) is 3.02. The minimum absolute atomic E-state index is 0.0778. The van der Waals surface area contributed by atoms with Crippen molar-refractivity contribution in [2.45, 2.75) is 13.8 Å². The molecule has 1 aromatic rings. The maximum atomic E-state index is 9.00. The average Bonchev–Trinajstić information content (AvgIpc) is 2.21. The highest BCUT2D eigenvalue weighted by Crippen LogP contribution is 2.16. The summed E-state index contributed by atoms with van der Waals surface area (Å²) in [7, 11) is 0. The van der Waals surface area contributed by atoms with Crippen LogP contribution in [0.15, 0.2) is 28.4 Å². The van der Waals surface area contributed by atoms with E-state index in [0.717, 1.165) is 18.1 Å². The predicted molar refractivity (Wildman–Crippen MR) is 72.9 cm³/mol. The molecular formula is C11H15ClN4O2. The summed E-state index contributed by atoms with van der Waals surface area (Å²) in [5, 5.41) is 15.2. The fourth-order valence-corrected chi connectivity index (χ4v) is 1.23. The maximum absolute atomic E-state index is 9.00. The molecule has 0 bridgehead atoms. The van der Waals surface area contributed by atoms with Gasteiger partial charge in [0.2, 0.25) is 5.96 Å². The Kier molecular flexibility index (Phi) is 7.14. The van der Waals surface area contributed by atoms with E-state index in [-0.39, 0.29) is 5.96 Å². The molecule has 18 heavy (non-hydrogen) atoms. The summed E-state index contributed by atoms with van der Waals surface area (Å²) in [4.78, 5) is 9.00. The SMILES string of the molecule is CC(=O)O.Cc1cccc(Cl)c1/C=N/N=C(N)N. The van der Waals surface area contributed by atoms with E-state index in [9.17, 15) is 0 Å². The molecule has 0 aliphatic heterocycles. The molecule has 0 heterocycles. The Bertz CT molecular complexity index is 444. The van der Waals surface area contributed by atoms with Gasteiger partial charge in [-0.3, -0.25) is 4.79 Å². The maximum Gasteiger partial charge on any atom is 0.300 e. The second-order valence-electron chi connectivity index (χ2n) is 3.26. The van der Waals surface area contributed by atoms with Crippen LogP contribution in [0.3, 0.4) is 0 Å². The number of carboxylic acid groups (broad SMARTS) is 1. The zero-order chi connectivity index (χ0) is 14.1. The minimum atomic E-state index is -0.833. The largest absolute Gasteiger partial charge is 0.481 e. The van der Waals surface area contributed by atoms with Crippen molar-refractivity contribution in [3.8, 4) is 0 Å². The average molecular weight is 271 g/mol. The Balaban J connectivity index is 0.000000631. The molecule has 98 valence electrons. The van der Waals surface area contributed by atoms with Gasteiger partial charge in [0.15, 0.2) is 0 Å². The first-order chi connectivity index (χ1) is 8.34. The Morgan fingerprint density at radius 3 is 2.44 bits per heavy atom. The quantitative estimate of drug-likeness (QED) is 0.427. The normalized spacial score (nSPS) is 9.50. The first-order valence-electron chi connectivity index (χ1n) is 4.91. The van der Waals surface area contributed by atoms with Crippen LogP contribution in [0.4, 0.5) is 0 Å². The van der Waals surface area contributed by atoms with Gasteiger partial charge in [-0.25, -0.2) is 0 Å². The van der Waals surface area contributed by atoms with Crippen molar-refractivity contribution in [2.24, 2.45) is 21.7 Å². The van der Waals surface area contributed by atoms with Gasteiger partial charge < -0.3 is 16.6 Å². The monoisotopic (exact) mass is 270 g/mol. The number of hydrogen-bond donors (Lipinski definition) is 3. The van der Waals surface area contributed by atoms with Gasteiger partial charge >= 0.3 is 0 Å². The zero-order valence-corrected chi connectivity index (χ0v) is 10.8. The van der Waals surface area contributed by atoms with Crippen LogP contribution in [0.25, 0.3) is 0 Å². The van der Waals surface area contributed by atoms with Crippen molar-refractivity contribution >= 4 is 29.7 Å². The van der Waals surface area contributed by atoms with Gasteiger partial charge in [0.05, 0.1) is 6.21 Å². The number of carboxylic acids is 1. The van der Waals surface area contributed by atoms with E-state index in [1.54, 1.807) is 6.07 Å². The van der Waals surface area contributed by atoms with Gasteiger partial charge in [-0.1, -0.05) is 23.7 Å². The van der Waals surface area contributed by atoms with Crippen LogP contribution in [0.5, 0.6) is 0 Å². The third kappa shape index (κ3) is 7.24. The molecule has 0 saturated heterocycles. The second kappa shape index (κ2) is 8.08. The number of aryl methyl sites for hydroxylation is 1. The Morgan fingerprint density at radius 2 is 2.00 bits per heavy atom. The lowest BCUT2D eigenvalue weighted by Crippen LogP contribution is -2.21. The number of aliphatic carboxylic acids is 1. The molecule has 0 aliphatic rings. The Labute approximate surface area is 110 Å². The molecule has 5 N–H and O–H groups in total. The molecule has 1 rings (SSSR count). The van der Waals surface area contributed by atoms with Crippen molar-refractivity contribution in [3.05, 3.63) is 34.3 Å². The third-order valence-electron chi connectivity index (χ3n) is 1.63. The van der Waals surface area contributed by atoms with Crippen molar-refractivity contribution in [2.75, 3.05) is 0 Å². The number of nitrogens with zero attached hydrogens (tertiary/aromatic N) is 2. The lowest BCUT2D eigenvalue weighted by Gasteiger charge is -2.00. The first kappa shape index (κ1) is 15.9. The molecule has 7 heteroatoms. The molecule has 0 unspecified atom stereocenters. The van der Waals surface area contributed by atoms with Crippen molar-refractivity contribution < 1.29 is 9.90 Å². The topological polar surface area (TPSA) is 114 Å². The van der Waals surface area contributed by atoms with Crippen molar-refractivity contribution in [1.82, 2.24) is 0 Å². The van der Waals surface area contributed by atoms with E-state index in [2.05, 4.69) is 10.2 Å². The van der Waals surface area contributed by atoms with E-state index >= 15 is 0 Å². The molecule has 0 aromatic heterocycles. The van der Waals surface area contributed by atoms with E-state index in [0.29, 0.717) is 5.02 Å². The highest BCUT2D eigenvalue weighted by Gasteiger charge is 1.99. The summed E-state index contributed by atoms with van der Waals surface area (Å²) >= 11 is 5.94. The fraction of sp³-hybridized carbons (Fsp3) is 0.182. The molecule has 0 spiro atoms. The van der Waals surface area contributed by atoms with Crippen LogP contribution in [0.2, 0.25) is 5.02 Å². The van der Waals surface area contributed by atoms with Gasteiger partial charge in [0, 0.05) is 17.5 Å². The predicted octanol–water partition coefficient (Wildman–Crippen LogP) is 1.35. The summed E-state index contributed by atoms with van der Waals surface area (Å²) in [5.41, 5.74) is 12.1. The minimum Gasteiger partial charge on any atom is -0.481 e. The molecule has 0 saturated carbocycles. The second-order valence-corrected chi connectivity index (χ2v) is 3.67. The highest BCUT2D eigenvalue weighted by molar-refractivity contribution is 6.33. The highest BCUT2D eigenvalue weighted by atomic mass is 35.5. The molecule has 0 radical (unpaired) electrons. The van der Waals surface area contributed by atoms with Gasteiger partial charge in [-0.2, -0.15) is 5.10 Å². The molecule has 1 aromatic carbocycles.